The number of benzene rings is 2. The lowest BCUT2D eigenvalue weighted by atomic mass is 10.1. The average molecular weight is 286 g/mol. The molecule has 3 heteroatoms. The molecular formula is C12H10BrClO. The van der Waals surface area contributed by atoms with Crippen LogP contribution in [0.1, 0.15) is 9.85 Å². The van der Waals surface area contributed by atoms with Crippen molar-refractivity contribution in [3.63, 3.8) is 0 Å². The van der Waals surface area contributed by atoms with E-state index in [1.165, 1.54) is 5.39 Å². The molecule has 0 bridgehead atoms. The van der Waals surface area contributed by atoms with Gasteiger partial charge in [-0.15, -0.1) is 11.6 Å². The monoisotopic (exact) mass is 284 g/mol. The van der Waals surface area contributed by atoms with E-state index in [-0.39, 0.29) is 4.29 Å². The average Bonchev–Trinajstić information content (AvgIpc) is 2.27. The maximum atomic E-state index is 5.95. The zero-order valence-electron chi connectivity index (χ0n) is 8.21. The summed E-state index contributed by atoms with van der Waals surface area (Å²) in [4.78, 5) is 0. The summed E-state index contributed by atoms with van der Waals surface area (Å²) in [7, 11) is 1.67. The Morgan fingerprint density at radius 1 is 1.13 bits per heavy atom. The van der Waals surface area contributed by atoms with Crippen LogP contribution in [0.3, 0.4) is 0 Å². The topological polar surface area (TPSA) is 9.23 Å². The van der Waals surface area contributed by atoms with Crippen molar-refractivity contribution in [2.75, 3.05) is 7.11 Å². The van der Waals surface area contributed by atoms with Gasteiger partial charge in [0.1, 0.15) is 10.0 Å². The first-order chi connectivity index (χ1) is 7.20. The third kappa shape index (κ3) is 2.27. The molecule has 1 unspecified atom stereocenters. The van der Waals surface area contributed by atoms with Crippen LogP contribution in [0, 0.1) is 0 Å². The van der Waals surface area contributed by atoms with Crippen molar-refractivity contribution in [1.29, 1.82) is 0 Å². The van der Waals surface area contributed by atoms with Crippen molar-refractivity contribution in [2.45, 2.75) is 4.29 Å². The van der Waals surface area contributed by atoms with E-state index in [9.17, 15) is 0 Å². The smallest absolute Gasteiger partial charge is 0.119 e. The number of hydrogen-bond donors (Lipinski definition) is 0. The number of ether oxygens (including phenoxy) is 1. The van der Waals surface area contributed by atoms with Crippen LogP contribution >= 0.6 is 27.5 Å². The normalized spacial score (nSPS) is 12.7. The molecule has 0 spiro atoms. The van der Waals surface area contributed by atoms with E-state index in [1.54, 1.807) is 7.11 Å². The summed E-state index contributed by atoms with van der Waals surface area (Å²) < 4.78 is 5.03. The number of fused-ring (bicyclic) bond motifs is 1. The van der Waals surface area contributed by atoms with Gasteiger partial charge in [-0.3, -0.25) is 0 Å². The molecule has 0 amide bonds. The van der Waals surface area contributed by atoms with Crippen LogP contribution < -0.4 is 4.74 Å². The molecule has 0 N–H and O–H groups in total. The predicted molar refractivity (Wildman–Crippen MR) is 68.0 cm³/mol. The number of methoxy groups -OCH3 is 1. The molecule has 78 valence electrons. The highest BCUT2D eigenvalue weighted by Gasteiger charge is 2.04. The van der Waals surface area contributed by atoms with Gasteiger partial charge in [0, 0.05) is 0 Å². The van der Waals surface area contributed by atoms with E-state index < -0.39 is 0 Å². The number of halogens is 2. The molecule has 0 radical (unpaired) electrons. The van der Waals surface area contributed by atoms with Gasteiger partial charge >= 0.3 is 0 Å². The van der Waals surface area contributed by atoms with Crippen molar-refractivity contribution in [3.05, 3.63) is 42.0 Å². The van der Waals surface area contributed by atoms with Gasteiger partial charge in [-0.1, -0.05) is 34.1 Å². The van der Waals surface area contributed by atoms with Crippen LogP contribution in [-0.4, -0.2) is 7.11 Å². The van der Waals surface area contributed by atoms with Crippen molar-refractivity contribution >= 4 is 38.3 Å². The molecule has 0 aliphatic rings. The summed E-state index contributed by atoms with van der Waals surface area (Å²) in [6.07, 6.45) is 0. The van der Waals surface area contributed by atoms with E-state index in [4.69, 9.17) is 16.3 Å². The van der Waals surface area contributed by atoms with Crippen LogP contribution in [0.5, 0.6) is 5.75 Å². The van der Waals surface area contributed by atoms with Crippen molar-refractivity contribution in [3.8, 4) is 5.75 Å². The van der Waals surface area contributed by atoms with Gasteiger partial charge in [0.25, 0.3) is 0 Å². The van der Waals surface area contributed by atoms with E-state index in [0.29, 0.717) is 0 Å². The Balaban J connectivity index is 2.55. The zero-order valence-corrected chi connectivity index (χ0v) is 10.5. The molecule has 2 rings (SSSR count). The summed E-state index contributed by atoms with van der Waals surface area (Å²) in [6.45, 7) is 0. The highest BCUT2D eigenvalue weighted by atomic mass is 79.9. The Morgan fingerprint density at radius 2 is 1.80 bits per heavy atom. The zero-order chi connectivity index (χ0) is 10.8. The Kier molecular flexibility index (Phi) is 3.17. The molecule has 2 aromatic rings. The van der Waals surface area contributed by atoms with Crippen molar-refractivity contribution in [2.24, 2.45) is 0 Å². The predicted octanol–water partition coefficient (Wildman–Crippen LogP) is 4.48. The minimum absolute atomic E-state index is 0.135. The van der Waals surface area contributed by atoms with Gasteiger partial charge in [0.15, 0.2) is 0 Å². The lowest BCUT2D eigenvalue weighted by Crippen LogP contribution is -1.84. The Bertz CT molecular complexity index is 482. The molecule has 1 atom stereocenters. The molecule has 0 aliphatic carbocycles. The van der Waals surface area contributed by atoms with Gasteiger partial charge < -0.3 is 4.74 Å². The first-order valence-corrected chi connectivity index (χ1v) is 5.92. The lowest BCUT2D eigenvalue weighted by Gasteiger charge is -2.06. The third-order valence-corrected chi connectivity index (χ3v) is 3.10. The maximum Gasteiger partial charge on any atom is 0.119 e. The van der Waals surface area contributed by atoms with E-state index >= 15 is 0 Å². The molecular weight excluding hydrogens is 275 g/mol. The van der Waals surface area contributed by atoms with Gasteiger partial charge in [-0.05, 0) is 34.5 Å². The van der Waals surface area contributed by atoms with Gasteiger partial charge in [0.2, 0.25) is 0 Å². The lowest BCUT2D eigenvalue weighted by molar-refractivity contribution is 0.415. The summed E-state index contributed by atoms with van der Waals surface area (Å²) in [5.41, 5.74) is 1.06. The first kappa shape index (κ1) is 10.8. The highest BCUT2D eigenvalue weighted by Crippen LogP contribution is 2.30. The van der Waals surface area contributed by atoms with Crippen LogP contribution in [0.4, 0.5) is 0 Å². The van der Waals surface area contributed by atoms with E-state index in [2.05, 4.69) is 22.0 Å². The van der Waals surface area contributed by atoms with Crippen molar-refractivity contribution < 1.29 is 4.74 Å². The van der Waals surface area contributed by atoms with Crippen LogP contribution in [0.15, 0.2) is 36.4 Å². The molecule has 0 heterocycles. The maximum absolute atomic E-state index is 5.95. The molecule has 0 fully saturated rings. The van der Waals surface area contributed by atoms with Crippen LogP contribution in [0.25, 0.3) is 10.8 Å². The molecule has 0 saturated heterocycles. The summed E-state index contributed by atoms with van der Waals surface area (Å²) in [5.74, 6) is 0.872. The Labute approximate surface area is 102 Å². The van der Waals surface area contributed by atoms with Crippen LogP contribution in [-0.2, 0) is 0 Å². The summed E-state index contributed by atoms with van der Waals surface area (Å²) in [5, 5.41) is 2.32. The number of hydrogen-bond acceptors (Lipinski definition) is 1. The Hall–Kier alpha value is -0.730. The highest BCUT2D eigenvalue weighted by molar-refractivity contribution is 9.09. The molecule has 0 aromatic heterocycles. The largest absolute Gasteiger partial charge is 0.497 e. The summed E-state index contributed by atoms with van der Waals surface area (Å²) >= 11 is 9.29. The van der Waals surface area contributed by atoms with Crippen LogP contribution in [0.2, 0.25) is 0 Å². The van der Waals surface area contributed by atoms with Gasteiger partial charge in [0.05, 0.1) is 7.11 Å². The standard InChI is InChI=1S/C12H10BrClO/c1-15-11-5-4-8-6-10(12(13)14)3-2-9(8)7-11/h2-7,12H,1H3. The number of rotatable bonds is 2. The molecule has 2 aromatic carbocycles. The fourth-order valence-electron chi connectivity index (χ4n) is 1.51. The first-order valence-electron chi connectivity index (χ1n) is 4.56. The van der Waals surface area contributed by atoms with Gasteiger partial charge in [-0.25, -0.2) is 0 Å². The molecule has 0 saturated carbocycles. The molecule has 0 aliphatic heterocycles. The second-order valence-corrected chi connectivity index (χ2v) is 5.15. The molecule has 1 nitrogen and oxygen atoms in total. The fraction of sp³-hybridized carbons (Fsp3) is 0.167. The van der Waals surface area contributed by atoms with Gasteiger partial charge in [-0.2, -0.15) is 0 Å². The molecule has 15 heavy (non-hydrogen) atoms. The second kappa shape index (κ2) is 4.42. The minimum atomic E-state index is -0.135. The second-order valence-electron chi connectivity index (χ2n) is 3.27. The Morgan fingerprint density at radius 3 is 2.47 bits per heavy atom. The van der Waals surface area contributed by atoms with E-state index in [1.807, 2.05) is 30.3 Å². The van der Waals surface area contributed by atoms with Crippen molar-refractivity contribution in [1.82, 2.24) is 0 Å². The summed E-state index contributed by atoms with van der Waals surface area (Å²) in [6, 6.07) is 12.1. The third-order valence-electron chi connectivity index (χ3n) is 2.32. The quantitative estimate of drug-likeness (QED) is 0.739. The SMILES string of the molecule is COc1ccc2cc(C(Cl)Br)ccc2c1. The van der Waals surface area contributed by atoms with E-state index in [0.717, 1.165) is 16.7 Å². The minimum Gasteiger partial charge on any atom is -0.497 e. The fourth-order valence-corrected chi connectivity index (χ4v) is 1.93. The number of alkyl halides is 2.